The number of ether oxygens (including phenoxy) is 1. The quantitative estimate of drug-likeness (QED) is 0.708. The van der Waals surface area contributed by atoms with Crippen LogP contribution in [0, 0.1) is 25.2 Å². The molecule has 0 aliphatic heterocycles. The molecule has 0 fully saturated rings. The summed E-state index contributed by atoms with van der Waals surface area (Å²) in [6, 6.07) is 15.8. The van der Waals surface area contributed by atoms with Crippen LogP contribution in [0.1, 0.15) is 22.5 Å². The number of furan rings is 1. The third-order valence-electron chi connectivity index (χ3n) is 3.61. The zero-order valence-corrected chi connectivity index (χ0v) is 12.0. The van der Waals surface area contributed by atoms with Crippen LogP contribution >= 0.6 is 0 Å². The number of rotatable bonds is 3. The molecule has 0 aliphatic carbocycles. The summed E-state index contributed by atoms with van der Waals surface area (Å²) in [6.07, 6.45) is 0. The van der Waals surface area contributed by atoms with Crippen LogP contribution in [0.5, 0.6) is 5.75 Å². The first kappa shape index (κ1) is 13.3. The van der Waals surface area contributed by atoms with Gasteiger partial charge in [0.2, 0.25) is 5.76 Å². The highest BCUT2D eigenvalue weighted by Crippen LogP contribution is 2.33. The van der Waals surface area contributed by atoms with E-state index >= 15 is 0 Å². The fourth-order valence-electron chi connectivity index (χ4n) is 2.29. The maximum atomic E-state index is 9.17. The highest BCUT2D eigenvalue weighted by atomic mass is 16.5. The predicted molar refractivity (Wildman–Crippen MR) is 81.2 cm³/mol. The molecule has 3 nitrogen and oxygen atoms in total. The van der Waals surface area contributed by atoms with Crippen LogP contribution in [0.2, 0.25) is 0 Å². The minimum Gasteiger partial charge on any atom is -0.483 e. The molecule has 21 heavy (non-hydrogen) atoms. The largest absolute Gasteiger partial charge is 0.483 e. The highest BCUT2D eigenvalue weighted by molar-refractivity contribution is 5.86. The van der Waals surface area contributed by atoms with E-state index in [1.165, 1.54) is 11.1 Å². The molecule has 0 atom stereocenters. The zero-order chi connectivity index (χ0) is 14.8. The van der Waals surface area contributed by atoms with Gasteiger partial charge in [0.05, 0.1) is 5.39 Å². The van der Waals surface area contributed by atoms with Crippen LogP contribution in [0.3, 0.4) is 0 Å². The van der Waals surface area contributed by atoms with Crippen molar-refractivity contribution in [1.29, 1.82) is 5.26 Å². The second-order valence-corrected chi connectivity index (χ2v) is 5.08. The number of para-hydroxylation sites is 1. The van der Waals surface area contributed by atoms with Gasteiger partial charge in [-0.15, -0.1) is 0 Å². The van der Waals surface area contributed by atoms with E-state index in [9.17, 15) is 5.26 Å². The van der Waals surface area contributed by atoms with Gasteiger partial charge in [-0.1, -0.05) is 30.3 Å². The topological polar surface area (TPSA) is 46.2 Å². The molecule has 2 aromatic carbocycles. The lowest BCUT2D eigenvalue weighted by atomic mass is 10.1. The summed E-state index contributed by atoms with van der Waals surface area (Å²) < 4.78 is 11.3. The monoisotopic (exact) mass is 277 g/mol. The molecule has 0 unspecified atom stereocenters. The van der Waals surface area contributed by atoms with Gasteiger partial charge in [-0.3, -0.25) is 0 Å². The molecular formula is C18H15NO2. The summed E-state index contributed by atoms with van der Waals surface area (Å²) in [4.78, 5) is 0. The summed E-state index contributed by atoms with van der Waals surface area (Å²) >= 11 is 0. The number of hydrogen-bond acceptors (Lipinski definition) is 3. The molecule has 1 heterocycles. The first-order chi connectivity index (χ1) is 10.2. The molecule has 3 aromatic rings. The molecule has 0 N–H and O–H groups in total. The lowest BCUT2D eigenvalue weighted by molar-refractivity contribution is 0.303. The van der Waals surface area contributed by atoms with Crippen molar-refractivity contribution in [1.82, 2.24) is 0 Å². The van der Waals surface area contributed by atoms with Crippen LogP contribution in [-0.4, -0.2) is 0 Å². The number of nitrogens with zero attached hydrogens (tertiary/aromatic N) is 1. The molecule has 0 bridgehead atoms. The zero-order valence-electron chi connectivity index (χ0n) is 12.0. The number of fused-ring (bicyclic) bond motifs is 1. The van der Waals surface area contributed by atoms with Crippen molar-refractivity contribution >= 4 is 11.0 Å². The van der Waals surface area contributed by atoms with E-state index in [2.05, 4.69) is 32.0 Å². The molecule has 3 heteroatoms. The lowest BCUT2D eigenvalue weighted by Gasteiger charge is -2.07. The second-order valence-electron chi connectivity index (χ2n) is 5.08. The van der Waals surface area contributed by atoms with Crippen LogP contribution in [0.25, 0.3) is 11.0 Å². The van der Waals surface area contributed by atoms with Crippen molar-refractivity contribution in [2.75, 3.05) is 0 Å². The maximum Gasteiger partial charge on any atom is 0.246 e. The van der Waals surface area contributed by atoms with E-state index in [1.54, 1.807) is 0 Å². The maximum absolute atomic E-state index is 9.17. The predicted octanol–water partition coefficient (Wildman–Crippen LogP) is 4.50. The van der Waals surface area contributed by atoms with Gasteiger partial charge >= 0.3 is 0 Å². The Labute approximate surface area is 123 Å². The molecule has 0 saturated heterocycles. The molecule has 0 aliphatic rings. The van der Waals surface area contributed by atoms with Crippen LogP contribution in [0.4, 0.5) is 0 Å². The van der Waals surface area contributed by atoms with Gasteiger partial charge in [0.15, 0.2) is 5.75 Å². The number of nitriles is 1. The Morgan fingerprint density at radius 2 is 1.90 bits per heavy atom. The summed E-state index contributed by atoms with van der Waals surface area (Å²) in [7, 11) is 0. The van der Waals surface area contributed by atoms with Crippen LogP contribution in [0.15, 0.2) is 46.9 Å². The van der Waals surface area contributed by atoms with E-state index in [1.807, 2.05) is 30.3 Å². The summed E-state index contributed by atoms with van der Waals surface area (Å²) in [5.74, 6) is 0.742. The summed E-state index contributed by atoms with van der Waals surface area (Å²) in [5.41, 5.74) is 4.23. The van der Waals surface area contributed by atoms with E-state index < -0.39 is 0 Å². The standard InChI is InChI=1S/C18H15NO2/c1-12-7-8-14(9-13(12)2)11-20-18-15-5-3-4-6-16(15)21-17(18)10-19/h3-9H,11H2,1-2H3. The van der Waals surface area contributed by atoms with Crippen LogP contribution in [-0.2, 0) is 6.61 Å². The molecule has 3 rings (SSSR count). The third kappa shape index (κ3) is 2.48. The van der Waals surface area contributed by atoms with Gasteiger partial charge in [-0.2, -0.15) is 5.26 Å². The van der Waals surface area contributed by atoms with Gasteiger partial charge < -0.3 is 9.15 Å². The van der Waals surface area contributed by atoms with Crippen molar-refractivity contribution in [2.45, 2.75) is 20.5 Å². The fraction of sp³-hybridized carbons (Fsp3) is 0.167. The Morgan fingerprint density at radius 1 is 1.10 bits per heavy atom. The summed E-state index contributed by atoms with van der Waals surface area (Å²) in [6.45, 7) is 4.57. The van der Waals surface area contributed by atoms with Gasteiger partial charge in [0.1, 0.15) is 18.3 Å². The molecule has 0 radical (unpaired) electrons. The second kappa shape index (κ2) is 5.34. The number of hydrogen-bond donors (Lipinski definition) is 0. The van der Waals surface area contributed by atoms with E-state index in [0.29, 0.717) is 17.9 Å². The molecular weight excluding hydrogens is 262 g/mol. The Bertz CT molecular complexity index is 840. The summed E-state index contributed by atoms with van der Waals surface area (Å²) in [5, 5.41) is 10.0. The minimum absolute atomic E-state index is 0.222. The minimum atomic E-state index is 0.222. The van der Waals surface area contributed by atoms with E-state index in [0.717, 1.165) is 10.9 Å². The molecule has 0 amide bonds. The molecule has 104 valence electrons. The Hall–Kier alpha value is -2.73. The Kier molecular flexibility index (Phi) is 3.37. The Balaban J connectivity index is 1.91. The SMILES string of the molecule is Cc1ccc(COc2c(C#N)oc3ccccc23)cc1C. The smallest absolute Gasteiger partial charge is 0.246 e. The number of benzene rings is 2. The average Bonchev–Trinajstić information content (AvgIpc) is 2.86. The lowest BCUT2D eigenvalue weighted by Crippen LogP contribution is -1.97. The van der Waals surface area contributed by atoms with E-state index in [4.69, 9.17) is 9.15 Å². The van der Waals surface area contributed by atoms with Crippen molar-refractivity contribution in [2.24, 2.45) is 0 Å². The van der Waals surface area contributed by atoms with Crippen LogP contribution < -0.4 is 4.74 Å². The van der Waals surface area contributed by atoms with Gasteiger partial charge in [-0.05, 0) is 42.7 Å². The van der Waals surface area contributed by atoms with Gasteiger partial charge in [0, 0.05) is 0 Å². The molecule has 1 aromatic heterocycles. The average molecular weight is 277 g/mol. The van der Waals surface area contributed by atoms with Gasteiger partial charge in [0.25, 0.3) is 0 Å². The number of aryl methyl sites for hydroxylation is 2. The highest BCUT2D eigenvalue weighted by Gasteiger charge is 2.15. The fourth-order valence-corrected chi connectivity index (χ4v) is 2.29. The third-order valence-corrected chi connectivity index (χ3v) is 3.61. The first-order valence-electron chi connectivity index (χ1n) is 6.79. The molecule has 0 spiro atoms. The van der Waals surface area contributed by atoms with E-state index in [-0.39, 0.29) is 5.76 Å². The normalized spacial score (nSPS) is 10.5. The Morgan fingerprint density at radius 3 is 2.67 bits per heavy atom. The van der Waals surface area contributed by atoms with Crippen molar-refractivity contribution in [3.8, 4) is 11.8 Å². The van der Waals surface area contributed by atoms with Crippen molar-refractivity contribution in [3.05, 3.63) is 64.9 Å². The van der Waals surface area contributed by atoms with Gasteiger partial charge in [-0.25, -0.2) is 0 Å². The van der Waals surface area contributed by atoms with Crippen molar-refractivity contribution in [3.63, 3.8) is 0 Å². The molecule has 0 saturated carbocycles. The van der Waals surface area contributed by atoms with Crippen molar-refractivity contribution < 1.29 is 9.15 Å². The first-order valence-corrected chi connectivity index (χ1v) is 6.79.